The number of ether oxygens (including phenoxy) is 3. The van der Waals surface area contributed by atoms with Gasteiger partial charge in [-0.1, -0.05) is 26.0 Å². The second-order valence-corrected chi connectivity index (χ2v) is 18.5. The first-order valence-corrected chi connectivity index (χ1v) is 20.2. The molecule has 0 radical (unpaired) electrons. The van der Waals surface area contributed by atoms with Crippen LogP contribution in [0.5, 0.6) is 11.6 Å². The standard InChI is InChI=1S/C41H55N3O9S/c1-25-10-8-9-11-28-22-41(28,38(48)43-54(49,50)40(6)15-16-40)23-34(45)33-20-30(52-36-31-13-12-29(51-7)19-27(31)14-17-42-36)24-44(33)37(47)32(26(2)18-25)21-35(46)53-39(3,4)5/h9,11-14,17,19,25-26,28,30,32-33H,8,10,15-16,18,20-24H2,1-7H3,(H,43,48)/b11-9-/t25-,26+,28+,30+,32-,33-,41+/m0/s1/i3D3,4D3. The van der Waals surface area contributed by atoms with Crippen molar-refractivity contribution in [3.05, 3.63) is 42.6 Å². The van der Waals surface area contributed by atoms with Gasteiger partial charge >= 0.3 is 5.97 Å². The van der Waals surface area contributed by atoms with Gasteiger partial charge in [0.2, 0.25) is 27.7 Å². The highest BCUT2D eigenvalue weighted by atomic mass is 32.2. The lowest BCUT2D eigenvalue weighted by atomic mass is 9.82. The van der Waals surface area contributed by atoms with Crippen LogP contribution in [-0.2, 0) is 33.9 Å². The van der Waals surface area contributed by atoms with Crippen molar-refractivity contribution in [3.63, 3.8) is 0 Å². The molecule has 3 fully saturated rings. The lowest BCUT2D eigenvalue weighted by molar-refractivity contribution is -0.160. The summed E-state index contributed by atoms with van der Waals surface area (Å²) in [5, 5.41) is 1.40. The van der Waals surface area contributed by atoms with Gasteiger partial charge in [-0.25, -0.2) is 13.4 Å². The van der Waals surface area contributed by atoms with Crippen LogP contribution >= 0.6 is 0 Å². The average Bonchev–Trinajstić information content (AvgIpc) is 4.04. The smallest absolute Gasteiger partial charge is 0.307 e. The van der Waals surface area contributed by atoms with Gasteiger partial charge in [0.05, 0.1) is 42.2 Å². The summed E-state index contributed by atoms with van der Waals surface area (Å²) in [5.74, 6) is -4.36. The summed E-state index contributed by atoms with van der Waals surface area (Å²) in [6.07, 6.45) is 6.20. The normalized spacial score (nSPS) is 32.7. The zero-order chi connectivity index (χ0) is 44.2. The van der Waals surface area contributed by atoms with Gasteiger partial charge in [-0.05, 0) is 113 Å². The average molecular weight is 772 g/mol. The summed E-state index contributed by atoms with van der Waals surface area (Å²) < 4.78 is 92.3. The largest absolute Gasteiger partial charge is 0.497 e. The molecule has 1 aromatic carbocycles. The molecule has 2 saturated carbocycles. The number of nitrogens with zero attached hydrogens (tertiary/aromatic N) is 2. The van der Waals surface area contributed by atoms with Gasteiger partial charge in [0.25, 0.3) is 0 Å². The van der Waals surface area contributed by atoms with Gasteiger partial charge in [-0.15, -0.1) is 0 Å². The van der Waals surface area contributed by atoms with Crippen molar-refractivity contribution < 1.29 is 50.0 Å². The van der Waals surface area contributed by atoms with Crippen LogP contribution in [-0.4, -0.2) is 78.0 Å². The van der Waals surface area contributed by atoms with Crippen molar-refractivity contribution in [3.8, 4) is 11.6 Å². The minimum absolute atomic E-state index is 0.0101. The second kappa shape index (κ2) is 14.9. The van der Waals surface area contributed by atoms with Crippen molar-refractivity contribution in [1.82, 2.24) is 14.6 Å². The second-order valence-electron chi connectivity index (χ2n) is 16.3. The van der Waals surface area contributed by atoms with Crippen molar-refractivity contribution in [2.45, 2.75) is 122 Å². The lowest BCUT2D eigenvalue weighted by Crippen LogP contribution is -2.48. The van der Waals surface area contributed by atoms with E-state index < -0.39 is 99.4 Å². The van der Waals surface area contributed by atoms with E-state index in [0.29, 0.717) is 43.2 Å². The van der Waals surface area contributed by atoms with E-state index in [4.69, 9.17) is 22.4 Å². The predicted molar refractivity (Wildman–Crippen MR) is 203 cm³/mol. The van der Waals surface area contributed by atoms with Gasteiger partial charge < -0.3 is 19.1 Å². The Labute approximate surface area is 327 Å². The number of hydrogen-bond acceptors (Lipinski definition) is 10. The molecule has 1 saturated heterocycles. The van der Waals surface area contributed by atoms with Crippen molar-refractivity contribution >= 4 is 44.4 Å². The van der Waals surface area contributed by atoms with Crippen molar-refractivity contribution in [2.24, 2.45) is 29.1 Å². The Kier molecular flexibility index (Phi) is 8.91. The number of carbonyl (C=O) groups is 4. The molecule has 0 spiro atoms. The number of sulfonamides is 1. The lowest BCUT2D eigenvalue weighted by Gasteiger charge is -2.32. The summed E-state index contributed by atoms with van der Waals surface area (Å²) in [7, 11) is -2.49. The van der Waals surface area contributed by atoms with Crippen LogP contribution in [0, 0.1) is 29.1 Å². The van der Waals surface area contributed by atoms with E-state index in [0.717, 1.165) is 12.3 Å². The Morgan fingerprint density at radius 1 is 1.15 bits per heavy atom. The molecule has 3 heterocycles. The first kappa shape index (κ1) is 32.3. The van der Waals surface area contributed by atoms with Crippen molar-refractivity contribution in [2.75, 3.05) is 13.7 Å². The molecule has 2 aliphatic carbocycles. The Balaban J connectivity index is 1.36. The Morgan fingerprint density at radius 3 is 2.61 bits per heavy atom. The predicted octanol–water partition coefficient (Wildman–Crippen LogP) is 5.92. The maximum absolute atomic E-state index is 15.0. The number of benzene rings is 1. The SMILES string of the molecule is [2H]C([2H])([2H])C(C)(OC(=O)C[C@@H]1C(=O)N2C[C@H](Oc3nccc4cc(OC)ccc34)C[C@H]2C(=O)C[C@]2(C(=O)NS(=O)(=O)C3(C)CC3)C[C@H]2/C=C\CC[C@H](C)C[C@H]1C)C([2H])([2H])[2H]. The fourth-order valence-corrected chi connectivity index (χ4v) is 9.37. The number of ketones is 1. The number of rotatable bonds is 8. The molecular formula is C41H55N3O9S. The molecule has 0 bridgehead atoms. The molecule has 1 N–H and O–H groups in total. The number of fused-ring (bicyclic) bond motifs is 3. The molecule has 4 aliphatic rings. The van der Waals surface area contributed by atoms with Crippen LogP contribution in [0.15, 0.2) is 42.6 Å². The zero-order valence-electron chi connectivity index (χ0n) is 37.6. The summed E-state index contributed by atoms with van der Waals surface area (Å²) in [6, 6.07) is 5.93. The van der Waals surface area contributed by atoms with Gasteiger partial charge in [-0.2, -0.15) is 0 Å². The topological polar surface area (TPSA) is 158 Å². The van der Waals surface area contributed by atoms with Gasteiger partial charge in [-0.3, -0.25) is 23.9 Å². The number of carbonyl (C=O) groups excluding carboxylic acids is 4. The fourth-order valence-electron chi connectivity index (χ4n) is 8.04. The van der Waals surface area contributed by atoms with E-state index in [1.54, 1.807) is 51.4 Å². The van der Waals surface area contributed by atoms with Crippen molar-refractivity contribution in [1.29, 1.82) is 0 Å². The minimum Gasteiger partial charge on any atom is -0.497 e. The molecule has 12 nitrogen and oxygen atoms in total. The van der Waals surface area contributed by atoms with Crippen LogP contribution in [0.2, 0.25) is 0 Å². The van der Waals surface area contributed by atoms with E-state index in [2.05, 4.69) is 9.71 Å². The van der Waals surface area contributed by atoms with Crippen LogP contribution in [0.25, 0.3) is 10.8 Å². The van der Waals surface area contributed by atoms with Crippen LogP contribution < -0.4 is 14.2 Å². The maximum Gasteiger partial charge on any atom is 0.307 e. The molecular weight excluding hydrogens is 711 g/mol. The van der Waals surface area contributed by atoms with E-state index >= 15 is 4.79 Å². The Bertz CT molecular complexity index is 2140. The quantitative estimate of drug-likeness (QED) is 0.253. The third-order valence-electron chi connectivity index (χ3n) is 11.7. The highest BCUT2D eigenvalue weighted by Gasteiger charge is 2.62. The van der Waals surface area contributed by atoms with Crippen LogP contribution in [0.3, 0.4) is 0 Å². The Hall–Kier alpha value is -4.00. The van der Waals surface area contributed by atoms with Gasteiger partial charge in [0.1, 0.15) is 17.5 Å². The highest BCUT2D eigenvalue weighted by molar-refractivity contribution is 7.91. The van der Waals surface area contributed by atoms with Crippen LogP contribution in [0.1, 0.15) is 107 Å². The molecule has 6 rings (SSSR count). The third-order valence-corrected chi connectivity index (χ3v) is 13.9. The summed E-state index contributed by atoms with van der Waals surface area (Å²) in [6.45, 7) is -0.444. The molecule has 294 valence electrons. The molecule has 0 unspecified atom stereocenters. The number of methoxy groups -OCH3 is 1. The number of hydrogen-bond donors (Lipinski definition) is 1. The molecule has 13 heteroatoms. The van der Waals surface area contributed by atoms with E-state index in [9.17, 15) is 22.8 Å². The summed E-state index contributed by atoms with van der Waals surface area (Å²) in [5.41, 5.74) is -4.25. The first-order chi connectivity index (χ1) is 27.8. The van der Waals surface area contributed by atoms with E-state index in [1.807, 2.05) is 19.1 Å². The number of amides is 2. The summed E-state index contributed by atoms with van der Waals surface area (Å²) >= 11 is 0. The number of esters is 1. The van der Waals surface area contributed by atoms with Gasteiger partial charge in [0.15, 0.2) is 5.78 Å². The number of allylic oxidation sites excluding steroid dienone is 2. The molecule has 7 atom stereocenters. The molecule has 2 aliphatic heterocycles. The molecule has 2 aromatic rings. The Morgan fingerprint density at radius 2 is 1.91 bits per heavy atom. The zero-order valence-corrected chi connectivity index (χ0v) is 32.4. The van der Waals surface area contributed by atoms with E-state index in [1.165, 1.54) is 4.90 Å². The molecule has 54 heavy (non-hydrogen) atoms. The first-order valence-electron chi connectivity index (χ1n) is 21.7. The monoisotopic (exact) mass is 771 g/mol. The minimum atomic E-state index is -4.03. The molecule has 2 amide bonds. The van der Waals surface area contributed by atoms with E-state index in [-0.39, 0.29) is 37.6 Å². The third kappa shape index (κ3) is 8.45. The maximum atomic E-state index is 15.0. The highest BCUT2D eigenvalue weighted by Crippen LogP contribution is 2.57. The van der Waals surface area contributed by atoms with Crippen LogP contribution in [0.4, 0.5) is 0 Å². The fraction of sp³-hybridized carbons (Fsp3) is 0.634. The number of aromatic nitrogens is 1. The summed E-state index contributed by atoms with van der Waals surface area (Å²) in [4.78, 5) is 63.2. The number of nitrogens with one attached hydrogen (secondary N) is 1. The number of Topliss-reactive ketones (excluding diaryl/α,β-unsaturated/α-hetero) is 1. The number of pyridine rings is 1. The molecule has 1 aromatic heterocycles. The van der Waals surface area contributed by atoms with Gasteiger partial charge in [0, 0.05) is 32.6 Å².